The fourth-order valence-corrected chi connectivity index (χ4v) is 2.75. The molecule has 4 nitrogen and oxygen atoms in total. The SMILES string of the molecule is C/C(=N/NC(=O)[C@@H](C)Oc1ccc2ccccc2c1)c1ccc(Br)cc1. The van der Waals surface area contributed by atoms with E-state index in [9.17, 15) is 4.79 Å². The molecule has 0 aliphatic rings. The van der Waals surface area contributed by atoms with Crippen molar-refractivity contribution in [2.24, 2.45) is 5.10 Å². The van der Waals surface area contributed by atoms with Gasteiger partial charge in [-0.3, -0.25) is 4.79 Å². The van der Waals surface area contributed by atoms with Gasteiger partial charge in [0, 0.05) is 4.47 Å². The van der Waals surface area contributed by atoms with Gasteiger partial charge in [0.25, 0.3) is 5.91 Å². The number of nitrogens with one attached hydrogen (secondary N) is 1. The predicted octanol–water partition coefficient (Wildman–Crippen LogP) is 4.91. The van der Waals surface area contributed by atoms with Crippen molar-refractivity contribution < 1.29 is 9.53 Å². The Morgan fingerprint density at radius 2 is 1.73 bits per heavy atom. The van der Waals surface area contributed by atoms with Crippen LogP contribution in [0.1, 0.15) is 19.4 Å². The molecule has 0 saturated heterocycles. The van der Waals surface area contributed by atoms with Gasteiger partial charge in [-0.15, -0.1) is 0 Å². The van der Waals surface area contributed by atoms with Crippen molar-refractivity contribution >= 4 is 38.3 Å². The predicted molar refractivity (Wildman–Crippen MR) is 109 cm³/mol. The molecular formula is C21H19BrN2O2. The summed E-state index contributed by atoms with van der Waals surface area (Å²) >= 11 is 3.40. The van der Waals surface area contributed by atoms with Crippen LogP contribution in [0, 0.1) is 0 Å². The molecule has 0 aliphatic carbocycles. The van der Waals surface area contributed by atoms with Gasteiger partial charge in [-0.1, -0.05) is 58.4 Å². The smallest absolute Gasteiger partial charge is 0.280 e. The normalized spacial score (nSPS) is 12.7. The van der Waals surface area contributed by atoms with Crippen LogP contribution < -0.4 is 10.2 Å². The fourth-order valence-electron chi connectivity index (χ4n) is 2.48. The van der Waals surface area contributed by atoms with Crippen molar-refractivity contribution in [1.29, 1.82) is 0 Å². The maximum absolute atomic E-state index is 12.3. The summed E-state index contributed by atoms with van der Waals surface area (Å²) in [5.41, 5.74) is 4.23. The fraction of sp³-hybridized carbons (Fsp3) is 0.143. The van der Waals surface area contributed by atoms with Gasteiger partial charge < -0.3 is 4.74 Å². The quantitative estimate of drug-likeness (QED) is 0.479. The lowest BCUT2D eigenvalue weighted by molar-refractivity contribution is -0.127. The highest BCUT2D eigenvalue weighted by atomic mass is 79.9. The molecule has 0 bridgehead atoms. The Bertz CT molecular complexity index is 952. The van der Waals surface area contributed by atoms with Gasteiger partial charge in [0.15, 0.2) is 6.10 Å². The molecule has 0 saturated carbocycles. The number of benzene rings is 3. The molecule has 3 rings (SSSR count). The Morgan fingerprint density at radius 3 is 2.46 bits per heavy atom. The standard InChI is InChI=1S/C21H19BrN2O2/c1-14(16-7-10-19(22)11-8-16)23-24-21(25)15(2)26-20-12-9-17-5-3-4-6-18(17)13-20/h3-13,15H,1-2H3,(H,24,25)/b23-14-/t15-/m1/s1. The molecule has 0 radical (unpaired) electrons. The van der Waals surface area contributed by atoms with Gasteiger partial charge in [-0.25, -0.2) is 5.43 Å². The van der Waals surface area contributed by atoms with Gasteiger partial charge >= 0.3 is 0 Å². The Kier molecular flexibility index (Phi) is 5.68. The van der Waals surface area contributed by atoms with Gasteiger partial charge in [-0.2, -0.15) is 5.10 Å². The lowest BCUT2D eigenvalue weighted by Gasteiger charge is -2.14. The van der Waals surface area contributed by atoms with Gasteiger partial charge in [0.1, 0.15) is 5.75 Å². The zero-order valence-corrected chi connectivity index (χ0v) is 16.2. The molecule has 0 heterocycles. The molecule has 0 fully saturated rings. The second-order valence-corrected chi connectivity index (χ2v) is 6.86. The molecule has 132 valence electrons. The summed E-state index contributed by atoms with van der Waals surface area (Å²) in [5, 5.41) is 6.36. The number of ether oxygens (including phenoxy) is 1. The number of fused-ring (bicyclic) bond motifs is 1. The van der Waals surface area contributed by atoms with E-state index in [0.717, 1.165) is 26.5 Å². The summed E-state index contributed by atoms with van der Waals surface area (Å²) in [5.74, 6) is 0.356. The van der Waals surface area contributed by atoms with E-state index in [4.69, 9.17) is 4.74 Å². The minimum Gasteiger partial charge on any atom is -0.481 e. The van der Waals surface area contributed by atoms with Crippen molar-refractivity contribution in [3.63, 3.8) is 0 Å². The van der Waals surface area contributed by atoms with E-state index in [0.29, 0.717) is 5.75 Å². The second kappa shape index (κ2) is 8.15. The van der Waals surface area contributed by atoms with Crippen LogP contribution in [-0.4, -0.2) is 17.7 Å². The molecule has 0 aliphatic heterocycles. The number of carbonyl (C=O) groups excluding carboxylic acids is 1. The van der Waals surface area contributed by atoms with Gasteiger partial charge in [-0.05, 0) is 54.4 Å². The van der Waals surface area contributed by atoms with Crippen LogP contribution in [0.3, 0.4) is 0 Å². The molecule has 0 aromatic heterocycles. The summed E-state index contributed by atoms with van der Waals surface area (Å²) < 4.78 is 6.75. The number of hydrazone groups is 1. The number of amides is 1. The Labute approximate surface area is 161 Å². The first-order valence-electron chi connectivity index (χ1n) is 8.28. The molecule has 26 heavy (non-hydrogen) atoms. The number of hydrogen-bond acceptors (Lipinski definition) is 3. The Morgan fingerprint density at radius 1 is 1.04 bits per heavy atom. The average molecular weight is 411 g/mol. The topological polar surface area (TPSA) is 50.7 Å². The van der Waals surface area contributed by atoms with Crippen LogP contribution in [-0.2, 0) is 4.79 Å². The lowest BCUT2D eigenvalue weighted by Crippen LogP contribution is -2.33. The maximum Gasteiger partial charge on any atom is 0.280 e. The molecule has 1 amide bonds. The van der Waals surface area contributed by atoms with Crippen LogP contribution in [0.2, 0.25) is 0 Å². The van der Waals surface area contributed by atoms with E-state index in [1.165, 1.54) is 0 Å². The highest BCUT2D eigenvalue weighted by Crippen LogP contribution is 2.21. The maximum atomic E-state index is 12.3. The summed E-state index contributed by atoms with van der Waals surface area (Å²) in [6, 6.07) is 21.5. The van der Waals surface area contributed by atoms with Crippen molar-refractivity contribution in [2.45, 2.75) is 20.0 Å². The highest BCUT2D eigenvalue weighted by Gasteiger charge is 2.14. The van der Waals surface area contributed by atoms with Gasteiger partial charge in [0.05, 0.1) is 5.71 Å². The van der Waals surface area contributed by atoms with E-state index < -0.39 is 6.10 Å². The number of hydrogen-bond donors (Lipinski definition) is 1. The first-order valence-corrected chi connectivity index (χ1v) is 9.08. The van der Waals surface area contributed by atoms with Crippen LogP contribution >= 0.6 is 15.9 Å². The number of halogens is 1. The summed E-state index contributed by atoms with van der Waals surface area (Å²) in [6.45, 7) is 3.55. The van der Waals surface area contributed by atoms with Crippen LogP contribution in [0.15, 0.2) is 76.3 Å². The minimum atomic E-state index is -0.655. The van der Waals surface area contributed by atoms with Crippen LogP contribution in [0.25, 0.3) is 10.8 Å². The van der Waals surface area contributed by atoms with E-state index in [1.54, 1.807) is 6.92 Å². The van der Waals surface area contributed by atoms with Crippen molar-refractivity contribution in [2.75, 3.05) is 0 Å². The third-order valence-electron chi connectivity index (χ3n) is 4.00. The third kappa shape index (κ3) is 4.49. The van der Waals surface area contributed by atoms with Crippen molar-refractivity contribution in [1.82, 2.24) is 5.43 Å². The third-order valence-corrected chi connectivity index (χ3v) is 4.53. The number of rotatable bonds is 5. The van der Waals surface area contributed by atoms with E-state index in [2.05, 4.69) is 26.5 Å². The zero-order valence-electron chi connectivity index (χ0n) is 14.6. The monoisotopic (exact) mass is 410 g/mol. The Hall–Kier alpha value is -2.66. The summed E-state index contributed by atoms with van der Waals surface area (Å²) in [7, 11) is 0. The average Bonchev–Trinajstić information content (AvgIpc) is 2.66. The molecule has 1 atom stereocenters. The van der Waals surface area contributed by atoms with E-state index in [-0.39, 0.29) is 5.91 Å². The van der Waals surface area contributed by atoms with Crippen LogP contribution in [0.4, 0.5) is 0 Å². The molecule has 1 N–H and O–H groups in total. The van der Waals surface area contributed by atoms with Crippen molar-refractivity contribution in [3.8, 4) is 5.75 Å². The molecule has 0 unspecified atom stereocenters. The molecule has 0 spiro atoms. The summed E-state index contributed by atoms with van der Waals surface area (Å²) in [6.07, 6.45) is -0.655. The lowest BCUT2D eigenvalue weighted by atomic mass is 10.1. The van der Waals surface area contributed by atoms with E-state index >= 15 is 0 Å². The molecular weight excluding hydrogens is 392 g/mol. The van der Waals surface area contributed by atoms with Crippen molar-refractivity contribution in [3.05, 3.63) is 76.8 Å². The summed E-state index contributed by atoms with van der Waals surface area (Å²) in [4.78, 5) is 12.3. The minimum absolute atomic E-state index is 0.297. The molecule has 5 heteroatoms. The first kappa shape index (κ1) is 18.1. The second-order valence-electron chi connectivity index (χ2n) is 5.95. The van der Waals surface area contributed by atoms with E-state index in [1.807, 2.05) is 73.7 Å². The zero-order chi connectivity index (χ0) is 18.5. The Balaban J connectivity index is 1.63. The first-order chi connectivity index (χ1) is 12.5. The number of nitrogens with zero attached hydrogens (tertiary/aromatic N) is 1. The van der Waals surface area contributed by atoms with Gasteiger partial charge in [0.2, 0.25) is 0 Å². The number of carbonyl (C=O) groups is 1. The molecule has 3 aromatic carbocycles. The molecule has 3 aromatic rings. The largest absolute Gasteiger partial charge is 0.481 e. The highest BCUT2D eigenvalue weighted by molar-refractivity contribution is 9.10. The van der Waals surface area contributed by atoms with Crippen LogP contribution in [0.5, 0.6) is 5.75 Å².